The van der Waals surface area contributed by atoms with E-state index >= 15 is 0 Å². The minimum Gasteiger partial charge on any atom is -0.373 e. The van der Waals surface area contributed by atoms with Crippen molar-refractivity contribution in [1.29, 1.82) is 0 Å². The molecule has 5 heterocycles. The van der Waals surface area contributed by atoms with Crippen molar-refractivity contribution < 1.29 is 14.4 Å². The van der Waals surface area contributed by atoms with Gasteiger partial charge in [0, 0.05) is 38.5 Å². The highest BCUT2D eigenvalue weighted by Gasteiger charge is 2.48. The summed E-state index contributed by atoms with van der Waals surface area (Å²) in [6.45, 7) is 4.47. The number of nitrogens with zero attached hydrogens (tertiary/aromatic N) is 6. The number of carbonyl (C=O) groups excluding carboxylic acids is 1. The van der Waals surface area contributed by atoms with Gasteiger partial charge >= 0.3 is 0 Å². The maximum absolute atomic E-state index is 12.4. The van der Waals surface area contributed by atoms with Crippen LogP contribution >= 0.6 is 0 Å². The van der Waals surface area contributed by atoms with Crippen LogP contribution in [-0.4, -0.2) is 54.6 Å². The molecule has 1 aliphatic rings. The van der Waals surface area contributed by atoms with E-state index < -0.39 is 11.5 Å². The third-order valence-corrected chi connectivity index (χ3v) is 6.16. The van der Waals surface area contributed by atoms with Crippen LogP contribution in [0.3, 0.4) is 0 Å². The SMILES string of the molecule is Cc1cccnc1[C@@H](C)Nc1nccc(-c2cccc(-c3cc(C4(O)CCN(C)C4=O)on3)n2)n1. The molecule has 0 spiro atoms. The molecular weight excluding hydrogens is 446 g/mol. The van der Waals surface area contributed by atoms with E-state index in [-0.39, 0.29) is 18.2 Å². The fraction of sp³-hybridized carbons (Fsp3) is 0.280. The summed E-state index contributed by atoms with van der Waals surface area (Å²) in [5, 5.41) is 18.2. The Bertz CT molecular complexity index is 1390. The first-order chi connectivity index (χ1) is 16.8. The molecule has 0 saturated carbocycles. The second kappa shape index (κ2) is 8.88. The highest BCUT2D eigenvalue weighted by atomic mass is 16.5. The quantitative estimate of drug-likeness (QED) is 0.435. The van der Waals surface area contributed by atoms with Crippen molar-refractivity contribution in [2.45, 2.75) is 31.9 Å². The number of aryl methyl sites for hydroxylation is 1. The standard InChI is InChI=1S/C25H25N7O3/c1-15-6-5-11-26-22(15)16(2)28-24-27-12-9-19(30-24)17-7-4-8-18(29-17)20-14-21(35-31-20)25(34)10-13-32(3)23(25)33/h4-9,11-12,14,16,34H,10,13H2,1-3H3,(H,27,28,30)/t16-,25?/m1/s1. The Morgan fingerprint density at radius 1 is 1.06 bits per heavy atom. The van der Waals surface area contributed by atoms with Gasteiger partial charge in [-0.3, -0.25) is 9.78 Å². The average Bonchev–Trinajstić information content (AvgIpc) is 3.47. The van der Waals surface area contributed by atoms with Gasteiger partial charge in [0.2, 0.25) is 11.5 Å². The molecule has 2 atom stereocenters. The van der Waals surface area contributed by atoms with Crippen molar-refractivity contribution in [3.8, 4) is 22.8 Å². The molecule has 0 aliphatic carbocycles. The number of aliphatic hydroxyl groups is 1. The molecule has 0 bridgehead atoms. The fourth-order valence-electron chi connectivity index (χ4n) is 4.18. The van der Waals surface area contributed by atoms with E-state index in [2.05, 4.69) is 30.4 Å². The third-order valence-electron chi connectivity index (χ3n) is 6.16. The van der Waals surface area contributed by atoms with Crippen LogP contribution in [0.2, 0.25) is 0 Å². The van der Waals surface area contributed by atoms with Crippen LogP contribution < -0.4 is 5.32 Å². The summed E-state index contributed by atoms with van der Waals surface area (Å²) in [7, 11) is 1.64. The van der Waals surface area contributed by atoms with E-state index in [1.165, 1.54) is 4.90 Å². The van der Waals surface area contributed by atoms with Crippen LogP contribution in [-0.2, 0) is 10.4 Å². The number of amides is 1. The van der Waals surface area contributed by atoms with E-state index in [1.807, 2.05) is 38.1 Å². The maximum Gasteiger partial charge on any atom is 0.262 e. The molecule has 2 N–H and O–H groups in total. The number of anilines is 1. The Morgan fingerprint density at radius 2 is 1.83 bits per heavy atom. The molecule has 35 heavy (non-hydrogen) atoms. The zero-order valence-electron chi connectivity index (χ0n) is 19.6. The Balaban J connectivity index is 1.39. The van der Waals surface area contributed by atoms with Crippen LogP contribution in [0.15, 0.2) is 59.4 Å². The molecular formula is C25H25N7O3. The first-order valence-electron chi connectivity index (χ1n) is 11.3. The Morgan fingerprint density at radius 3 is 2.57 bits per heavy atom. The lowest BCUT2D eigenvalue weighted by molar-refractivity contribution is -0.144. The second-order valence-electron chi connectivity index (χ2n) is 8.66. The number of likely N-dealkylation sites (N-methyl/N-ethyl adjacent to an activating group) is 1. The number of nitrogens with one attached hydrogen (secondary N) is 1. The molecule has 10 nitrogen and oxygen atoms in total. The lowest BCUT2D eigenvalue weighted by Gasteiger charge is -2.16. The molecule has 0 aromatic carbocycles. The Kier molecular flexibility index (Phi) is 5.73. The monoisotopic (exact) mass is 471 g/mol. The summed E-state index contributed by atoms with van der Waals surface area (Å²) < 4.78 is 5.36. The Hall–Kier alpha value is -4.18. The fourth-order valence-corrected chi connectivity index (χ4v) is 4.18. The van der Waals surface area contributed by atoms with Crippen molar-refractivity contribution >= 4 is 11.9 Å². The Labute approximate surface area is 202 Å². The minimum absolute atomic E-state index is 0.0811. The van der Waals surface area contributed by atoms with Gasteiger partial charge in [0.05, 0.1) is 28.8 Å². The van der Waals surface area contributed by atoms with Crippen LogP contribution in [0.5, 0.6) is 0 Å². The zero-order chi connectivity index (χ0) is 24.6. The van der Waals surface area contributed by atoms with Gasteiger partial charge in [-0.25, -0.2) is 15.0 Å². The molecule has 1 fully saturated rings. The van der Waals surface area contributed by atoms with Gasteiger partial charge in [-0.15, -0.1) is 0 Å². The third kappa shape index (κ3) is 4.24. The first kappa shape index (κ1) is 22.6. The molecule has 10 heteroatoms. The van der Waals surface area contributed by atoms with Gasteiger partial charge in [0.1, 0.15) is 5.69 Å². The molecule has 178 valence electrons. The maximum atomic E-state index is 12.4. The lowest BCUT2D eigenvalue weighted by atomic mass is 9.98. The summed E-state index contributed by atoms with van der Waals surface area (Å²) in [5.41, 5.74) is 2.51. The van der Waals surface area contributed by atoms with Crippen LogP contribution in [0, 0.1) is 6.92 Å². The van der Waals surface area contributed by atoms with Crippen molar-refractivity contribution in [2.24, 2.45) is 0 Å². The van der Waals surface area contributed by atoms with Gasteiger partial charge in [-0.1, -0.05) is 17.3 Å². The van der Waals surface area contributed by atoms with Crippen molar-refractivity contribution in [3.05, 3.63) is 71.9 Å². The molecule has 4 aromatic heterocycles. The summed E-state index contributed by atoms with van der Waals surface area (Å²) in [4.78, 5) is 31.9. The highest BCUT2D eigenvalue weighted by molar-refractivity contribution is 5.87. The molecule has 4 aromatic rings. The smallest absolute Gasteiger partial charge is 0.262 e. The predicted molar refractivity (Wildman–Crippen MR) is 128 cm³/mol. The van der Waals surface area contributed by atoms with Gasteiger partial charge < -0.3 is 19.8 Å². The normalized spacial score (nSPS) is 18.6. The van der Waals surface area contributed by atoms with Crippen LogP contribution in [0.25, 0.3) is 22.8 Å². The molecule has 5 rings (SSSR count). The minimum atomic E-state index is -1.70. The van der Waals surface area contributed by atoms with Crippen molar-refractivity contribution in [2.75, 3.05) is 18.9 Å². The number of aromatic nitrogens is 5. The average molecular weight is 472 g/mol. The van der Waals surface area contributed by atoms with E-state index in [9.17, 15) is 9.90 Å². The van der Waals surface area contributed by atoms with Gasteiger partial charge in [0.15, 0.2) is 5.76 Å². The number of carbonyl (C=O) groups is 1. The van der Waals surface area contributed by atoms with Crippen molar-refractivity contribution in [1.82, 2.24) is 30.0 Å². The zero-order valence-corrected chi connectivity index (χ0v) is 19.6. The summed E-state index contributed by atoms with van der Waals surface area (Å²) in [6, 6.07) is 12.6. The number of hydrogen-bond donors (Lipinski definition) is 2. The summed E-state index contributed by atoms with van der Waals surface area (Å²) in [6.07, 6.45) is 3.68. The lowest BCUT2D eigenvalue weighted by Crippen LogP contribution is -2.35. The first-order valence-corrected chi connectivity index (χ1v) is 11.3. The topological polar surface area (TPSA) is 130 Å². The van der Waals surface area contributed by atoms with E-state index in [1.54, 1.807) is 37.6 Å². The van der Waals surface area contributed by atoms with Crippen molar-refractivity contribution in [3.63, 3.8) is 0 Å². The van der Waals surface area contributed by atoms with E-state index in [0.29, 0.717) is 35.3 Å². The molecule has 1 unspecified atom stereocenters. The van der Waals surface area contributed by atoms with E-state index in [4.69, 9.17) is 4.52 Å². The van der Waals surface area contributed by atoms with Crippen LogP contribution in [0.4, 0.5) is 5.95 Å². The number of likely N-dealkylation sites (tertiary alicyclic amines) is 1. The van der Waals surface area contributed by atoms with Gasteiger partial charge in [0.25, 0.3) is 5.91 Å². The second-order valence-corrected chi connectivity index (χ2v) is 8.66. The summed E-state index contributed by atoms with van der Waals surface area (Å²) in [5.74, 6) is 0.168. The highest BCUT2D eigenvalue weighted by Crippen LogP contribution is 2.34. The van der Waals surface area contributed by atoms with Gasteiger partial charge in [-0.05, 0) is 43.7 Å². The number of rotatable bonds is 6. The molecule has 0 radical (unpaired) electrons. The predicted octanol–water partition coefficient (Wildman–Crippen LogP) is 3.12. The van der Waals surface area contributed by atoms with Gasteiger partial charge in [-0.2, -0.15) is 0 Å². The summed E-state index contributed by atoms with van der Waals surface area (Å²) >= 11 is 0. The largest absolute Gasteiger partial charge is 0.373 e. The molecule has 1 saturated heterocycles. The number of pyridine rings is 2. The molecule has 1 aliphatic heterocycles. The van der Waals surface area contributed by atoms with E-state index in [0.717, 1.165) is 11.3 Å². The molecule has 1 amide bonds. The van der Waals surface area contributed by atoms with Crippen LogP contribution in [0.1, 0.15) is 36.4 Å². The number of hydrogen-bond acceptors (Lipinski definition) is 9.